The molecule has 0 bridgehead atoms. The topological polar surface area (TPSA) is 39.5 Å². The predicted octanol–water partition coefficient (Wildman–Crippen LogP) is 6.42. The highest BCUT2D eigenvalue weighted by molar-refractivity contribution is 5.56. The first-order valence-electron chi connectivity index (χ1n) is 12.2. The molecule has 180 valence electrons. The van der Waals surface area contributed by atoms with Crippen molar-refractivity contribution in [3.05, 3.63) is 102 Å². The zero-order valence-corrected chi connectivity index (χ0v) is 20.0. The lowest BCUT2D eigenvalue weighted by Gasteiger charge is -2.24. The van der Waals surface area contributed by atoms with Crippen LogP contribution in [-0.4, -0.2) is 21.2 Å². The van der Waals surface area contributed by atoms with Crippen LogP contribution in [-0.2, 0) is 26.2 Å². The second kappa shape index (κ2) is 10.7. The first kappa shape index (κ1) is 23.1. The maximum absolute atomic E-state index is 14.6. The van der Waals surface area contributed by atoms with Crippen molar-refractivity contribution in [3.63, 3.8) is 0 Å². The van der Waals surface area contributed by atoms with Crippen LogP contribution in [0.2, 0.25) is 0 Å². The van der Waals surface area contributed by atoms with Crippen LogP contribution in [0.25, 0.3) is 11.4 Å². The average molecular weight is 472 g/mol. The number of fused-ring (bicyclic) bond motifs is 1. The molecule has 4 aromatic rings. The molecule has 0 atom stereocenters. The predicted molar refractivity (Wildman–Crippen MR) is 134 cm³/mol. The minimum absolute atomic E-state index is 0.187. The molecule has 0 radical (unpaired) electrons. The number of benzene rings is 3. The Labute approximate surface area is 205 Å². The zero-order chi connectivity index (χ0) is 24.0. The molecule has 2 heterocycles. The zero-order valence-electron chi connectivity index (χ0n) is 20.0. The summed E-state index contributed by atoms with van der Waals surface area (Å²) >= 11 is 0. The molecule has 6 heteroatoms. The van der Waals surface area contributed by atoms with Gasteiger partial charge in [-0.1, -0.05) is 67.9 Å². The van der Waals surface area contributed by atoms with Gasteiger partial charge in [0.2, 0.25) is 6.79 Å². The lowest BCUT2D eigenvalue weighted by atomic mass is 10.1. The molecule has 0 unspecified atom stereocenters. The summed E-state index contributed by atoms with van der Waals surface area (Å²) in [5.74, 6) is 2.31. The highest BCUT2D eigenvalue weighted by Gasteiger charge is 2.19. The average Bonchev–Trinajstić information content (AvgIpc) is 3.51. The van der Waals surface area contributed by atoms with Crippen LogP contribution >= 0.6 is 0 Å². The van der Waals surface area contributed by atoms with Crippen LogP contribution in [0.4, 0.5) is 4.39 Å². The van der Waals surface area contributed by atoms with Gasteiger partial charge in [-0.3, -0.25) is 4.90 Å². The normalized spacial score (nSPS) is 12.4. The lowest BCUT2D eigenvalue weighted by Crippen LogP contribution is -2.24. The largest absolute Gasteiger partial charge is 0.454 e. The van der Waals surface area contributed by atoms with Gasteiger partial charge < -0.3 is 14.0 Å². The standard InChI is InChI=1S/C29H30FN3O2/c1-2-3-15-33-25(17-31-29(33)23-9-5-4-6-10-23)20-32(19-24-11-7-8-12-26(24)30)18-22-13-14-27-28(16-22)35-21-34-27/h4-14,16-17H,2-3,15,18-21H2,1H3. The van der Waals surface area contributed by atoms with Gasteiger partial charge in [-0.2, -0.15) is 0 Å². The van der Waals surface area contributed by atoms with Gasteiger partial charge in [0.15, 0.2) is 11.5 Å². The van der Waals surface area contributed by atoms with Gasteiger partial charge in [-0.25, -0.2) is 9.37 Å². The molecule has 0 fully saturated rings. The van der Waals surface area contributed by atoms with E-state index >= 15 is 0 Å². The van der Waals surface area contributed by atoms with E-state index in [1.807, 2.05) is 54.7 Å². The minimum Gasteiger partial charge on any atom is -0.454 e. The monoisotopic (exact) mass is 471 g/mol. The van der Waals surface area contributed by atoms with Gasteiger partial charge in [-0.05, 0) is 30.2 Å². The van der Waals surface area contributed by atoms with Crippen molar-refractivity contribution in [3.8, 4) is 22.9 Å². The first-order valence-corrected chi connectivity index (χ1v) is 12.2. The maximum atomic E-state index is 14.6. The molecule has 0 saturated heterocycles. The van der Waals surface area contributed by atoms with Crippen molar-refractivity contribution in [1.82, 2.24) is 14.5 Å². The summed E-state index contributed by atoms with van der Waals surface area (Å²) in [4.78, 5) is 7.05. The van der Waals surface area contributed by atoms with E-state index in [9.17, 15) is 4.39 Å². The van der Waals surface area contributed by atoms with Crippen LogP contribution in [0.3, 0.4) is 0 Å². The Kier molecular flexibility index (Phi) is 7.09. The SMILES string of the molecule is CCCCn1c(CN(Cc2ccc3c(c2)OCO3)Cc2ccccc2F)cnc1-c1ccccc1. The van der Waals surface area contributed by atoms with Crippen LogP contribution in [0.5, 0.6) is 11.5 Å². The number of imidazole rings is 1. The van der Waals surface area contributed by atoms with Crippen molar-refractivity contribution < 1.29 is 13.9 Å². The van der Waals surface area contributed by atoms with E-state index in [1.54, 1.807) is 6.07 Å². The Bertz CT molecular complexity index is 1270. The smallest absolute Gasteiger partial charge is 0.231 e. The molecule has 1 aromatic heterocycles. The number of halogens is 1. The summed E-state index contributed by atoms with van der Waals surface area (Å²) in [6.45, 7) is 5.12. The summed E-state index contributed by atoms with van der Waals surface area (Å²) in [6, 6.07) is 23.3. The van der Waals surface area contributed by atoms with Crippen LogP contribution in [0, 0.1) is 5.82 Å². The van der Waals surface area contributed by atoms with E-state index in [-0.39, 0.29) is 12.6 Å². The highest BCUT2D eigenvalue weighted by Crippen LogP contribution is 2.33. The third-order valence-electron chi connectivity index (χ3n) is 6.29. The highest BCUT2D eigenvalue weighted by atomic mass is 19.1. The fourth-order valence-corrected chi connectivity index (χ4v) is 4.48. The molecule has 0 N–H and O–H groups in total. The third kappa shape index (κ3) is 5.38. The van der Waals surface area contributed by atoms with Crippen molar-refractivity contribution in [2.75, 3.05) is 6.79 Å². The second-order valence-corrected chi connectivity index (χ2v) is 8.87. The molecule has 35 heavy (non-hydrogen) atoms. The van der Waals surface area contributed by atoms with Crippen molar-refractivity contribution in [1.29, 1.82) is 0 Å². The minimum atomic E-state index is -0.187. The molecule has 5 rings (SSSR count). The number of hydrogen-bond donors (Lipinski definition) is 0. The van der Waals surface area contributed by atoms with Gasteiger partial charge in [0.1, 0.15) is 11.6 Å². The van der Waals surface area contributed by atoms with Crippen LogP contribution < -0.4 is 9.47 Å². The summed E-state index contributed by atoms with van der Waals surface area (Å²) in [6.07, 6.45) is 4.13. The van der Waals surface area contributed by atoms with Crippen LogP contribution in [0.1, 0.15) is 36.6 Å². The molecule has 3 aromatic carbocycles. The molecule has 1 aliphatic rings. The Balaban J connectivity index is 1.45. The lowest BCUT2D eigenvalue weighted by molar-refractivity contribution is 0.174. The molecular formula is C29H30FN3O2. The maximum Gasteiger partial charge on any atom is 0.231 e. The van der Waals surface area contributed by atoms with Crippen molar-refractivity contribution in [2.45, 2.75) is 45.9 Å². The Hall–Kier alpha value is -3.64. The van der Waals surface area contributed by atoms with Crippen LogP contribution in [0.15, 0.2) is 79.0 Å². The molecule has 0 aliphatic carbocycles. The van der Waals surface area contributed by atoms with Crippen molar-refractivity contribution >= 4 is 0 Å². The summed E-state index contributed by atoms with van der Waals surface area (Å²) in [5, 5.41) is 0. The molecule has 0 amide bonds. The Morgan fingerprint density at radius 2 is 1.71 bits per heavy atom. The van der Waals surface area contributed by atoms with E-state index in [4.69, 9.17) is 14.5 Å². The van der Waals surface area contributed by atoms with Gasteiger partial charge >= 0.3 is 0 Å². The Morgan fingerprint density at radius 3 is 2.54 bits per heavy atom. The van der Waals surface area contributed by atoms with E-state index in [2.05, 4.69) is 28.5 Å². The molecule has 0 saturated carbocycles. The summed E-state index contributed by atoms with van der Waals surface area (Å²) in [7, 11) is 0. The van der Waals surface area contributed by atoms with Gasteiger partial charge in [0, 0.05) is 37.3 Å². The quantitative estimate of drug-likeness (QED) is 0.268. The van der Waals surface area contributed by atoms with Gasteiger partial charge in [0.25, 0.3) is 0 Å². The fraction of sp³-hybridized carbons (Fsp3) is 0.276. The van der Waals surface area contributed by atoms with E-state index < -0.39 is 0 Å². The van der Waals surface area contributed by atoms with E-state index in [0.29, 0.717) is 25.2 Å². The van der Waals surface area contributed by atoms with Crippen molar-refractivity contribution in [2.24, 2.45) is 0 Å². The number of ether oxygens (including phenoxy) is 2. The third-order valence-corrected chi connectivity index (χ3v) is 6.29. The Morgan fingerprint density at radius 1 is 0.914 bits per heavy atom. The van der Waals surface area contributed by atoms with E-state index in [1.165, 1.54) is 6.07 Å². The first-order chi connectivity index (χ1) is 17.2. The number of hydrogen-bond acceptors (Lipinski definition) is 4. The molecule has 5 nitrogen and oxygen atoms in total. The van der Waals surface area contributed by atoms with E-state index in [0.717, 1.165) is 53.5 Å². The summed E-state index contributed by atoms with van der Waals surface area (Å²) in [5.41, 5.74) is 3.99. The molecule has 0 spiro atoms. The number of nitrogens with zero attached hydrogens (tertiary/aromatic N) is 3. The number of aromatic nitrogens is 2. The van der Waals surface area contributed by atoms with Gasteiger partial charge in [0.05, 0.1) is 11.9 Å². The van der Waals surface area contributed by atoms with Gasteiger partial charge in [-0.15, -0.1) is 0 Å². The molecular weight excluding hydrogens is 441 g/mol. The fourth-order valence-electron chi connectivity index (χ4n) is 4.48. The summed E-state index contributed by atoms with van der Waals surface area (Å²) < 4.78 is 28.0. The number of unbranched alkanes of at least 4 members (excludes halogenated alkanes) is 1. The second-order valence-electron chi connectivity index (χ2n) is 8.87. The number of rotatable bonds is 10. The molecule has 1 aliphatic heterocycles.